The molecule has 0 heterocycles. The number of benzene rings is 2. The predicted octanol–water partition coefficient (Wildman–Crippen LogP) is 2.19. The number of nitrogens with two attached hydrogens (primary N) is 2. The van der Waals surface area contributed by atoms with Gasteiger partial charge in [-0.1, -0.05) is 18.2 Å². The van der Waals surface area contributed by atoms with Crippen molar-refractivity contribution < 1.29 is 9.90 Å². The van der Waals surface area contributed by atoms with Crippen molar-refractivity contribution in [2.24, 2.45) is 21.5 Å². The fourth-order valence-corrected chi connectivity index (χ4v) is 2.23. The predicted molar refractivity (Wildman–Crippen MR) is 98.2 cm³/mol. The van der Waals surface area contributed by atoms with Crippen LogP contribution in [0.4, 0.5) is 11.4 Å². The molecule has 0 spiro atoms. The number of hydrogen-bond donors (Lipinski definition) is 4. The molecule has 7 nitrogen and oxygen atoms in total. The fourth-order valence-electron chi connectivity index (χ4n) is 1.86. The average Bonchev–Trinajstić information content (AvgIpc) is 2.58. The third-order valence-corrected chi connectivity index (χ3v) is 3.75. The second-order valence-corrected chi connectivity index (χ2v) is 5.55. The van der Waals surface area contributed by atoms with Gasteiger partial charge in [0.2, 0.25) is 0 Å². The van der Waals surface area contributed by atoms with Crippen LogP contribution in [0.15, 0.2) is 56.9 Å². The van der Waals surface area contributed by atoms with Crippen LogP contribution in [-0.2, 0) is 0 Å². The van der Waals surface area contributed by atoms with E-state index in [4.69, 9.17) is 11.5 Å². The average molecular weight is 390 g/mol. The van der Waals surface area contributed by atoms with Gasteiger partial charge in [-0.3, -0.25) is 4.79 Å². The summed E-state index contributed by atoms with van der Waals surface area (Å²) in [6.45, 7) is 0. The van der Waals surface area contributed by atoms with Crippen molar-refractivity contribution in [2.75, 3.05) is 7.05 Å². The Bertz CT molecular complexity index is 833. The number of carbonyl (C=O) groups excluding carboxylic acids is 1. The monoisotopic (exact) mass is 389 g/mol. The van der Waals surface area contributed by atoms with Gasteiger partial charge in [0.25, 0.3) is 5.91 Å². The van der Waals surface area contributed by atoms with Crippen LogP contribution >= 0.6 is 15.9 Å². The van der Waals surface area contributed by atoms with Crippen LogP contribution in [-0.4, -0.2) is 29.7 Å². The molecule has 2 rings (SSSR count). The Hall–Kier alpha value is -2.87. The summed E-state index contributed by atoms with van der Waals surface area (Å²) in [6, 6.07) is 11.8. The second-order valence-electron chi connectivity index (χ2n) is 4.70. The zero-order chi connectivity index (χ0) is 17.7. The van der Waals surface area contributed by atoms with Crippen LogP contribution in [0.1, 0.15) is 10.4 Å². The van der Waals surface area contributed by atoms with E-state index in [-0.39, 0.29) is 28.7 Å². The Labute approximate surface area is 147 Å². The van der Waals surface area contributed by atoms with E-state index in [9.17, 15) is 9.90 Å². The molecule has 0 bridgehead atoms. The number of aliphatic imine (C=N–C) groups is 2. The molecule has 0 saturated carbocycles. The molecule has 0 radical (unpaired) electrons. The summed E-state index contributed by atoms with van der Waals surface area (Å²) in [5, 5.41) is 12.6. The number of phenols is 1. The van der Waals surface area contributed by atoms with E-state index in [1.807, 2.05) is 18.2 Å². The standard InChI is InChI=1S/C16H16BrN5O2/c1-20-16(24)9-5-4-8-12(13(9)23)22-15(19)14(18)21-11-7-3-2-6-10(11)17/h2-8,23H,1H3,(H2,18,21)(H2,19,22)(H,20,24). The van der Waals surface area contributed by atoms with Crippen LogP contribution in [0.2, 0.25) is 0 Å². The van der Waals surface area contributed by atoms with Gasteiger partial charge in [-0.15, -0.1) is 0 Å². The van der Waals surface area contributed by atoms with Crippen molar-refractivity contribution in [3.63, 3.8) is 0 Å². The minimum absolute atomic E-state index is 0.00774. The number of rotatable bonds is 3. The molecule has 0 atom stereocenters. The van der Waals surface area contributed by atoms with Crippen molar-refractivity contribution in [2.45, 2.75) is 0 Å². The second kappa shape index (κ2) is 7.60. The molecule has 0 saturated heterocycles. The highest BCUT2D eigenvalue weighted by atomic mass is 79.9. The molecule has 0 unspecified atom stereocenters. The van der Waals surface area contributed by atoms with Gasteiger partial charge in [0.15, 0.2) is 17.4 Å². The normalized spacial score (nSPS) is 12.1. The van der Waals surface area contributed by atoms with Gasteiger partial charge in [-0.25, -0.2) is 9.98 Å². The molecule has 124 valence electrons. The summed E-state index contributed by atoms with van der Waals surface area (Å²) >= 11 is 3.36. The van der Waals surface area contributed by atoms with Crippen LogP contribution in [0, 0.1) is 0 Å². The maximum Gasteiger partial charge on any atom is 0.254 e. The molecule has 0 aliphatic rings. The molecule has 1 amide bonds. The molecule has 24 heavy (non-hydrogen) atoms. The quantitative estimate of drug-likeness (QED) is 0.473. The number of amidine groups is 2. The van der Waals surface area contributed by atoms with Gasteiger partial charge in [-0.2, -0.15) is 0 Å². The molecular formula is C16H16BrN5O2. The number of nitrogens with zero attached hydrogens (tertiary/aromatic N) is 2. The molecule has 6 N–H and O–H groups in total. The first kappa shape index (κ1) is 17.5. The highest BCUT2D eigenvalue weighted by Gasteiger charge is 2.13. The lowest BCUT2D eigenvalue weighted by Crippen LogP contribution is -2.30. The van der Waals surface area contributed by atoms with Gasteiger partial charge in [0.05, 0.1) is 11.3 Å². The van der Waals surface area contributed by atoms with Crippen molar-refractivity contribution in [3.05, 3.63) is 52.5 Å². The van der Waals surface area contributed by atoms with Crippen molar-refractivity contribution in [1.82, 2.24) is 5.32 Å². The molecule has 0 aromatic heterocycles. The number of carbonyl (C=O) groups is 1. The highest BCUT2D eigenvalue weighted by molar-refractivity contribution is 9.10. The van der Waals surface area contributed by atoms with Crippen molar-refractivity contribution in [1.29, 1.82) is 0 Å². The summed E-state index contributed by atoms with van der Waals surface area (Å²) in [4.78, 5) is 19.9. The smallest absolute Gasteiger partial charge is 0.254 e. The Morgan fingerprint density at radius 3 is 2.25 bits per heavy atom. The lowest BCUT2D eigenvalue weighted by atomic mass is 10.1. The molecular weight excluding hydrogens is 374 g/mol. The summed E-state index contributed by atoms with van der Waals surface area (Å²) in [5.74, 6) is -0.798. The Morgan fingerprint density at radius 2 is 1.62 bits per heavy atom. The lowest BCUT2D eigenvalue weighted by Gasteiger charge is -2.07. The highest BCUT2D eigenvalue weighted by Crippen LogP contribution is 2.30. The lowest BCUT2D eigenvalue weighted by molar-refractivity contribution is 0.0960. The van der Waals surface area contributed by atoms with Gasteiger partial charge in [-0.05, 0) is 40.2 Å². The SMILES string of the molecule is CNC(=O)c1cccc(N=C(N)C(N)=Nc2ccccc2Br)c1O. The van der Waals surface area contributed by atoms with E-state index in [0.29, 0.717) is 5.69 Å². The fraction of sp³-hybridized carbons (Fsp3) is 0.0625. The first-order valence-electron chi connectivity index (χ1n) is 6.91. The summed E-state index contributed by atoms with van der Waals surface area (Å²) in [7, 11) is 1.47. The van der Waals surface area contributed by atoms with E-state index < -0.39 is 5.91 Å². The Kier molecular flexibility index (Phi) is 5.54. The van der Waals surface area contributed by atoms with Crippen LogP contribution < -0.4 is 16.8 Å². The molecule has 2 aromatic rings. The van der Waals surface area contributed by atoms with E-state index in [2.05, 4.69) is 31.2 Å². The maximum atomic E-state index is 11.7. The summed E-state index contributed by atoms with van der Waals surface area (Å²) in [5.41, 5.74) is 12.5. The first-order chi connectivity index (χ1) is 11.4. The molecule has 0 fully saturated rings. The van der Waals surface area contributed by atoms with Crippen LogP contribution in [0.3, 0.4) is 0 Å². The molecule has 8 heteroatoms. The number of phenolic OH excluding ortho intramolecular Hbond substituents is 1. The van der Waals surface area contributed by atoms with Gasteiger partial charge >= 0.3 is 0 Å². The third-order valence-electron chi connectivity index (χ3n) is 3.08. The number of para-hydroxylation sites is 2. The third kappa shape index (κ3) is 3.90. The number of aromatic hydroxyl groups is 1. The van der Waals surface area contributed by atoms with E-state index in [0.717, 1.165) is 4.47 Å². The zero-order valence-electron chi connectivity index (χ0n) is 12.8. The molecule has 0 aliphatic carbocycles. The largest absolute Gasteiger partial charge is 0.505 e. The molecule has 0 aliphatic heterocycles. The maximum absolute atomic E-state index is 11.7. The van der Waals surface area contributed by atoms with Crippen LogP contribution in [0.5, 0.6) is 5.75 Å². The number of nitrogens with one attached hydrogen (secondary N) is 1. The topological polar surface area (TPSA) is 126 Å². The summed E-state index contributed by atoms with van der Waals surface area (Å²) < 4.78 is 0.755. The van der Waals surface area contributed by atoms with Gasteiger partial charge in [0.1, 0.15) is 5.69 Å². The zero-order valence-corrected chi connectivity index (χ0v) is 14.4. The summed E-state index contributed by atoms with van der Waals surface area (Å²) in [6.07, 6.45) is 0. The Morgan fingerprint density at radius 1 is 1.04 bits per heavy atom. The van der Waals surface area contributed by atoms with Crippen molar-refractivity contribution >= 4 is 44.9 Å². The number of halogens is 1. The Balaban J connectivity index is 2.38. The minimum Gasteiger partial charge on any atom is -0.505 e. The first-order valence-corrected chi connectivity index (χ1v) is 7.70. The number of hydrogen-bond acceptors (Lipinski definition) is 4. The minimum atomic E-state index is -0.432. The van der Waals surface area contributed by atoms with Crippen molar-refractivity contribution in [3.8, 4) is 5.75 Å². The van der Waals surface area contributed by atoms with Gasteiger partial charge < -0.3 is 21.9 Å². The van der Waals surface area contributed by atoms with Crippen LogP contribution in [0.25, 0.3) is 0 Å². The van der Waals surface area contributed by atoms with E-state index in [1.165, 1.54) is 19.2 Å². The number of amides is 1. The van der Waals surface area contributed by atoms with E-state index in [1.54, 1.807) is 12.1 Å². The van der Waals surface area contributed by atoms with Gasteiger partial charge in [0, 0.05) is 11.5 Å². The van der Waals surface area contributed by atoms with E-state index >= 15 is 0 Å². The molecule has 2 aromatic carbocycles.